The number of anilines is 1. The Bertz CT molecular complexity index is 1390. The Morgan fingerprint density at radius 2 is 1.71 bits per heavy atom. The van der Waals surface area contributed by atoms with Crippen LogP contribution in [0, 0.1) is 0 Å². The maximum atomic E-state index is 13.5. The maximum Gasteiger partial charge on any atom is 0.335 e. The molecule has 0 aromatic heterocycles. The van der Waals surface area contributed by atoms with Gasteiger partial charge in [0.1, 0.15) is 17.1 Å². The van der Waals surface area contributed by atoms with Crippen LogP contribution in [-0.4, -0.2) is 37.9 Å². The fourth-order valence-electron chi connectivity index (χ4n) is 4.05. The normalized spacial score (nSPS) is 16.1. The predicted octanol–water partition coefficient (Wildman–Crippen LogP) is 4.03. The Morgan fingerprint density at radius 3 is 2.51 bits per heavy atom. The lowest BCUT2D eigenvalue weighted by Gasteiger charge is -2.26. The molecule has 1 fully saturated rings. The molecule has 3 aromatic carbocycles. The van der Waals surface area contributed by atoms with Gasteiger partial charge in [-0.3, -0.25) is 14.9 Å². The van der Waals surface area contributed by atoms with E-state index in [1.165, 1.54) is 12.1 Å². The van der Waals surface area contributed by atoms with Crippen LogP contribution in [0.5, 0.6) is 23.0 Å². The van der Waals surface area contributed by atoms with Crippen molar-refractivity contribution in [1.29, 1.82) is 0 Å². The lowest BCUT2D eigenvalue weighted by Crippen LogP contribution is -2.54. The Hall–Kier alpha value is -4.53. The van der Waals surface area contributed by atoms with Gasteiger partial charge in [-0.15, -0.1) is 0 Å². The zero-order valence-corrected chi connectivity index (χ0v) is 19.1. The lowest BCUT2D eigenvalue weighted by molar-refractivity contribution is -0.122. The number of benzene rings is 3. The van der Waals surface area contributed by atoms with Crippen molar-refractivity contribution >= 4 is 40.4 Å². The molecule has 1 saturated heterocycles. The number of barbiturate groups is 1. The summed E-state index contributed by atoms with van der Waals surface area (Å²) in [7, 11) is 0. The first-order valence-electron chi connectivity index (χ1n) is 11.1. The second-order valence-corrected chi connectivity index (χ2v) is 7.72. The van der Waals surface area contributed by atoms with Crippen LogP contribution in [-0.2, 0) is 9.59 Å². The van der Waals surface area contributed by atoms with E-state index < -0.39 is 17.8 Å². The highest BCUT2D eigenvalue weighted by atomic mass is 16.7. The van der Waals surface area contributed by atoms with Gasteiger partial charge < -0.3 is 18.9 Å². The molecule has 1 N–H and O–H groups in total. The van der Waals surface area contributed by atoms with Crippen molar-refractivity contribution in [3.05, 3.63) is 59.7 Å². The summed E-state index contributed by atoms with van der Waals surface area (Å²) in [4.78, 5) is 39.8. The summed E-state index contributed by atoms with van der Waals surface area (Å²) >= 11 is 0. The first kappa shape index (κ1) is 22.3. The third-order valence-corrected chi connectivity index (χ3v) is 5.61. The van der Waals surface area contributed by atoms with Gasteiger partial charge in [-0.05, 0) is 61.0 Å². The van der Waals surface area contributed by atoms with Gasteiger partial charge in [0.05, 0.1) is 18.9 Å². The van der Waals surface area contributed by atoms with Crippen molar-refractivity contribution in [3.8, 4) is 23.0 Å². The number of ether oxygens (including phenoxy) is 4. The fourth-order valence-corrected chi connectivity index (χ4v) is 4.05. The average molecular weight is 474 g/mol. The van der Waals surface area contributed by atoms with Crippen molar-refractivity contribution in [3.63, 3.8) is 0 Å². The van der Waals surface area contributed by atoms with Crippen LogP contribution in [0.2, 0.25) is 0 Å². The zero-order chi connectivity index (χ0) is 24.5. The summed E-state index contributed by atoms with van der Waals surface area (Å²) < 4.78 is 22.1. The number of amides is 4. The van der Waals surface area contributed by atoms with E-state index >= 15 is 0 Å². The van der Waals surface area contributed by atoms with E-state index in [4.69, 9.17) is 18.9 Å². The van der Waals surface area contributed by atoms with E-state index in [1.807, 2.05) is 38.1 Å². The molecule has 4 amide bonds. The van der Waals surface area contributed by atoms with Crippen LogP contribution in [0.15, 0.2) is 54.1 Å². The van der Waals surface area contributed by atoms with Crippen molar-refractivity contribution in [1.82, 2.24) is 5.32 Å². The average Bonchev–Trinajstić information content (AvgIpc) is 3.31. The molecule has 2 heterocycles. The molecule has 9 nitrogen and oxygen atoms in total. The summed E-state index contributed by atoms with van der Waals surface area (Å²) in [6.45, 7) is 4.65. The molecule has 0 bridgehead atoms. The van der Waals surface area contributed by atoms with Crippen LogP contribution in [0.25, 0.3) is 16.8 Å². The zero-order valence-electron chi connectivity index (χ0n) is 19.1. The van der Waals surface area contributed by atoms with Gasteiger partial charge in [0.15, 0.2) is 11.5 Å². The standard InChI is InChI=1S/C26H22N2O7/c1-3-32-17-8-5-15-6-9-21(33-4-2)19(18(15)12-17)13-20-24(29)27-26(31)28(25(20)30)16-7-10-22-23(11-16)35-14-34-22/h5-13H,3-4,14H2,1-2H3,(H,27,29,31). The lowest BCUT2D eigenvalue weighted by atomic mass is 9.99. The summed E-state index contributed by atoms with van der Waals surface area (Å²) in [6, 6.07) is 13.1. The number of urea groups is 1. The van der Waals surface area contributed by atoms with Crippen LogP contribution >= 0.6 is 0 Å². The molecule has 9 heteroatoms. The minimum Gasteiger partial charge on any atom is -0.494 e. The monoisotopic (exact) mass is 474 g/mol. The highest BCUT2D eigenvalue weighted by molar-refractivity contribution is 6.39. The van der Waals surface area contributed by atoms with Crippen molar-refractivity contribution in [2.45, 2.75) is 13.8 Å². The summed E-state index contributed by atoms with van der Waals surface area (Å²) in [6.07, 6.45) is 1.45. The number of fused-ring (bicyclic) bond motifs is 2. The number of nitrogens with zero attached hydrogens (tertiary/aromatic N) is 1. The first-order valence-corrected chi connectivity index (χ1v) is 11.1. The van der Waals surface area contributed by atoms with E-state index in [2.05, 4.69) is 5.32 Å². The molecular formula is C26H22N2O7. The highest BCUT2D eigenvalue weighted by Gasteiger charge is 2.37. The van der Waals surface area contributed by atoms with Gasteiger partial charge in [0.25, 0.3) is 11.8 Å². The van der Waals surface area contributed by atoms with Gasteiger partial charge in [0.2, 0.25) is 6.79 Å². The van der Waals surface area contributed by atoms with Crippen LogP contribution in [0.4, 0.5) is 10.5 Å². The SMILES string of the molecule is CCOc1ccc2ccc(OCC)c(C=C3C(=O)NC(=O)N(c4ccc5c(c4)OCO5)C3=O)c2c1. The predicted molar refractivity (Wildman–Crippen MR) is 128 cm³/mol. The molecule has 0 radical (unpaired) electrons. The number of hydrogen-bond acceptors (Lipinski definition) is 7. The maximum absolute atomic E-state index is 13.5. The van der Waals surface area contributed by atoms with E-state index in [-0.39, 0.29) is 18.1 Å². The topological polar surface area (TPSA) is 103 Å². The Labute approximate surface area is 200 Å². The number of carbonyl (C=O) groups is 3. The molecule has 2 aliphatic rings. The number of rotatable bonds is 6. The van der Waals surface area contributed by atoms with Crippen LogP contribution in [0.3, 0.4) is 0 Å². The quantitative estimate of drug-likeness (QED) is 0.425. The van der Waals surface area contributed by atoms with Crippen molar-refractivity contribution in [2.75, 3.05) is 24.9 Å². The van der Waals surface area contributed by atoms with Crippen molar-refractivity contribution < 1.29 is 33.3 Å². The Morgan fingerprint density at radius 1 is 0.943 bits per heavy atom. The first-order chi connectivity index (χ1) is 17.0. The van der Waals surface area contributed by atoms with Gasteiger partial charge in [0, 0.05) is 11.6 Å². The summed E-state index contributed by atoms with van der Waals surface area (Å²) in [5, 5.41) is 3.86. The smallest absolute Gasteiger partial charge is 0.335 e. The fraction of sp³-hybridized carbons (Fsp3) is 0.192. The van der Waals surface area contributed by atoms with Crippen LogP contribution < -0.4 is 29.2 Å². The van der Waals surface area contributed by atoms with E-state index in [0.717, 1.165) is 15.7 Å². The molecular weight excluding hydrogens is 452 g/mol. The Balaban J connectivity index is 1.63. The number of hydrogen-bond donors (Lipinski definition) is 1. The molecule has 0 atom stereocenters. The third-order valence-electron chi connectivity index (χ3n) is 5.61. The van der Waals surface area contributed by atoms with E-state index in [0.29, 0.717) is 41.8 Å². The second kappa shape index (κ2) is 9.02. The number of imide groups is 2. The van der Waals surface area contributed by atoms with E-state index in [9.17, 15) is 14.4 Å². The van der Waals surface area contributed by atoms with Crippen LogP contribution in [0.1, 0.15) is 19.4 Å². The molecule has 35 heavy (non-hydrogen) atoms. The molecule has 0 saturated carbocycles. The minimum atomic E-state index is -0.849. The van der Waals surface area contributed by atoms with Gasteiger partial charge in [-0.25, -0.2) is 9.69 Å². The van der Waals surface area contributed by atoms with Gasteiger partial charge in [-0.2, -0.15) is 0 Å². The second-order valence-electron chi connectivity index (χ2n) is 7.72. The highest BCUT2D eigenvalue weighted by Crippen LogP contribution is 2.37. The third kappa shape index (κ3) is 4.01. The molecule has 5 rings (SSSR count). The molecule has 3 aromatic rings. The number of carbonyl (C=O) groups excluding carboxylic acids is 3. The van der Waals surface area contributed by atoms with Crippen molar-refractivity contribution in [2.24, 2.45) is 0 Å². The summed E-state index contributed by atoms with van der Waals surface area (Å²) in [5.74, 6) is 0.489. The molecule has 0 spiro atoms. The van der Waals surface area contributed by atoms with E-state index in [1.54, 1.807) is 18.2 Å². The molecule has 0 aliphatic carbocycles. The largest absolute Gasteiger partial charge is 0.494 e. The molecule has 0 unspecified atom stereocenters. The minimum absolute atomic E-state index is 0.0492. The van der Waals surface area contributed by atoms with Gasteiger partial charge >= 0.3 is 6.03 Å². The summed E-state index contributed by atoms with van der Waals surface area (Å²) in [5.41, 5.74) is 0.568. The molecule has 2 aliphatic heterocycles. The van der Waals surface area contributed by atoms with Gasteiger partial charge in [-0.1, -0.05) is 12.1 Å². The molecule has 178 valence electrons. The number of nitrogens with one attached hydrogen (secondary N) is 1. The Kier molecular flexibility index (Phi) is 5.74.